The molecular weight excluding hydrogens is 394 g/mol. The number of benzene rings is 1. The zero-order chi connectivity index (χ0) is 20.9. The predicted molar refractivity (Wildman–Crippen MR) is 109 cm³/mol. The number of ether oxygens (including phenoxy) is 1. The lowest BCUT2D eigenvalue weighted by atomic mass is 10.1. The molecule has 0 amide bonds. The molecule has 1 unspecified atom stereocenters. The minimum atomic E-state index is -3.42. The fourth-order valence-electron chi connectivity index (χ4n) is 3.15. The Labute approximate surface area is 170 Å². The number of rotatable bonds is 7. The number of sulfonamides is 1. The average Bonchev–Trinajstić information content (AvgIpc) is 3.13. The minimum absolute atomic E-state index is 0.189. The molecule has 1 aromatic carbocycles. The SMILES string of the molecule is CN=C(NCc1ccc(S(=O)(=O)NC)cc1)NC1CCc2nc(COC)nn2C1. The monoisotopic (exact) mass is 421 g/mol. The van der Waals surface area contributed by atoms with Gasteiger partial charge in [-0.15, -0.1) is 0 Å². The quantitative estimate of drug-likeness (QED) is 0.425. The van der Waals surface area contributed by atoms with Crippen LogP contribution in [0.2, 0.25) is 0 Å². The molecule has 158 valence electrons. The molecule has 11 heteroatoms. The average molecular weight is 422 g/mol. The van der Waals surface area contributed by atoms with E-state index in [0.717, 1.165) is 24.2 Å². The summed E-state index contributed by atoms with van der Waals surface area (Å²) in [6.45, 7) is 1.65. The second-order valence-electron chi connectivity index (χ2n) is 6.72. The second kappa shape index (κ2) is 9.33. The first-order valence-corrected chi connectivity index (χ1v) is 10.8. The highest BCUT2D eigenvalue weighted by Crippen LogP contribution is 2.14. The number of fused-ring (bicyclic) bond motifs is 1. The molecule has 0 saturated heterocycles. The fourth-order valence-corrected chi connectivity index (χ4v) is 3.88. The summed E-state index contributed by atoms with van der Waals surface area (Å²) < 4.78 is 32.9. The summed E-state index contributed by atoms with van der Waals surface area (Å²) in [6, 6.07) is 6.93. The largest absolute Gasteiger partial charge is 0.377 e. The Morgan fingerprint density at radius 3 is 2.76 bits per heavy atom. The number of hydrogen-bond donors (Lipinski definition) is 3. The lowest BCUT2D eigenvalue weighted by Crippen LogP contribution is -2.46. The highest BCUT2D eigenvalue weighted by molar-refractivity contribution is 7.89. The maximum absolute atomic E-state index is 11.8. The van der Waals surface area contributed by atoms with Gasteiger partial charge in [0.2, 0.25) is 10.0 Å². The van der Waals surface area contributed by atoms with Crippen molar-refractivity contribution < 1.29 is 13.2 Å². The standard InChI is InChI=1S/C18H27N7O3S/c1-19-18(21-10-13-4-7-15(8-5-13)29(26,27)20-2)22-14-6-9-17-23-16(12-28-3)24-25(17)11-14/h4-5,7-8,14,20H,6,9-12H2,1-3H3,(H2,19,21,22). The van der Waals surface area contributed by atoms with Gasteiger partial charge in [-0.1, -0.05) is 12.1 Å². The number of aromatic nitrogens is 3. The van der Waals surface area contributed by atoms with Crippen molar-refractivity contribution in [2.45, 2.75) is 43.5 Å². The molecule has 1 aliphatic rings. The van der Waals surface area contributed by atoms with Crippen molar-refractivity contribution in [2.24, 2.45) is 4.99 Å². The molecule has 1 aromatic heterocycles. The van der Waals surface area contributed by atoms with Crippen LogP contribution in [-0.2, 0) is 40.9 Å². The van der Waals surface area contributed by atoms with Crippen LogP contribution in [0.4, 0.5) is 0 Å². The highest BCUT2D eigenvalue weighted by atomic mass is 32.2. The van der Waals surface area contributed by atoms with Gasteiger partial charge in [0.05, 0.1) is 11.4 Å². The van der Waals surface area contributed by atoms with Gasteiger partial charge in [0.1, 0.15) is 12.4 Å². The van der Waals surface area contributed by atoms with E-state index in [2.05, 4.69) is 30.4 Å². The van der Waals surface area contributed by atoms with E-state index in [9.17, 15) is 8.42 Å². The number of methoxy groups -OCH3 is 1. The molecule has 2 heterocycles. The van der Waals surface area contributed by atoms with Gasteiger partial charge in [-0.3, -0.25) is 4.99 Å². The van der Waals surface area contributed by atoms with Gasteiger partial charge in [-0.05, 0) is 31.2 Å². The van der Waals surface area contributed by atoms with Gasteiger partial charge in [0.15, 0.2) is 11.8 Å². The maximum Gasteiger partial charge on any atom is 0.240 e. The first-order valence-electron chi connectivity index (χ1n) is 9.36. The number of aliphatic imine (C=N–C) groups is 1. The first-order chi connectivity index (χ1) is 13.9. The Morgan fingerprint density at radius 1 is 1.34 bits per heavy atom. The van der Waals surface area contributed by atoms with E-state index in [4.69, 9.17) is 4.74 Å². The zero-order valence-corrected chi connectivity index (χ0v) is 17.7. The molecule has 3 rings (SSSR count). The summed E-state index contributed by atoms with van der Waals surface area (Å²) >= 11 is 0. The van der Waals surface area contributed by atoms with Gasteiger partial charge in [0, 0.05) is 33.2 Å². The molecule has 0 radical (unpaired) electrons. The summed E-state index contributed by atoms with van der Waals surface area (Å²) in [6.07, 6.45) is 1.77. The van der Waals surface area contributed by atoms with E-state index in [0.29, 0.717) is 31.5 Å². The Kier molecular flexibility index (Phi) is 6.83. The molecule has 3 N–H and O–H groups in total. The summed E-state index contributed by atoms with van der Waals surface area (Å²) in [4.78, 5) is 9.01. The summed E-state index contributed by atoms with van der Waals surface area (Å²) in [5, 5.41) is 11.2. The molecule has 0 bridgehead atoms. The van der Waals surface area contributed by atoms with Crippen molar-refractivity contribution in [3.63, 3.8) is 0 Å². The molecule has 0 fully saturated rings. The van der Waals surface area contributed by atoms with Gasteiger partial charge in [0.25, 0.3) is 0 Å². The maximum atomic E-state index is 11.8. The van der Waals surface area contributed by atoms with Crippen LogP contribution in [0.15, 0.2) is 34.2 Å². The number of nitrogens with one attached hydrogen (secondary N) is 3. The zero-order valence-electron chi connectivity index (χ0n) is 16.8. The van der Waals surface area contributed by atoms with E-state index in [1.807, 2.05) is 4.68 Å². The highest BCUT2D eigenvalue weighted by Gasteiger charge is 2.22. The van der Waals surface area contributed by atoms with Crippen molar-refractivity contribution >= 4 is 16.0 Å². The van der Waals surface area contributed by atoms with E-state index in [-0.39, 0.29) is 10.9 Å². The van der Waals surface area contributed by atoms with Gasteiger partial charge in [-0.2, -0.15) is 5.10 Å². The van der Waals surface area contributed by atoms with E-state index >= 15 is 0 Å². The van der Waals surface area contributed by atoms with Crippen LogP contribution in [0.25, 0.3) is 0 Å². The molecule has 0 saturated carbocycles. The smallest absolute Gasteiger partial charge is 0.240 e. The molecule has 1 atom stereocenters. The normalized spacial score (nSPS) is 17.1. The molecule has 29 heavy (non-hydrogen) atoms. The first kappa shape index (κ1) is 21.2. The van der Waals surface area contributed by atoms with Crippen LogP contribution in [-0.4, -0.2) is 56.4 Å². The van der Waals surface area contributed by atoms with Crippen molar-refractivity contribution in [3.05, 3.63) is 41.5 Å². The van der Waals surface area contributed by atoms with E-state index in [1.165, 1.54) is 7.05 Å². The molecule has 1 aliphatic heterocycles. The number of hydrogen-bond acceptors (Lipinski definition) is 6. The minimum Gasteiger partial charge on any atom is -0.377 e. The van der Waals surface area contributed by atoms with Crippen LogP contribution >= 0.6 is 0 Å². The van der Waals surface area contributed by atoms with Crippen molar-refractivity contribution in [3.8, 4) is 0 Å². The number of guanidine groups is 1. The molecule has 0 spiro atoms. The molecule has 0 aliphatic carbocycles. The van der Waals surface area contributed by atoms with Crippen LogP contribution in [0.5, 0.6) is 0 Å². The molecule has 10 nitrogen and oxygen atoms in total. The number of aryl methyl sites for hydroxylation is 1. The van der Waals surface area contributed by atoms with E-state index < -0.39 is 10.0 Å². The van der Waals surface area contributed by atoms with Crippen LogP contribution in [0, 0.1) is 0 Å². The summed E-state index contributed by atoms with van der Waals surface area (Å²) in [5.74, 6) is 2.37. The van der Waals surface area contributed by atoms with Crippen molar-refractivity contribution in [1.82, 2.24) is 30.1 Å². The van der Waals surface area contributed by atoms with Gasteiger partial charge in [-0.25, -0.2) is 22.8 Å². The number of nitrogens with zero attached hydrogens (tertiary/aromatic N) is 4. The summed E-state index contributed by atoms with van der Waals surface area (Å²) in [5.41, 5.74) is 0.953. The summed E-state index contributed by atoms with van der Waals surface area (Å²) in [7, 11) is 1.32. The molecule has 2 aromatic rings. The third-order valence-electron chi connectivity index (χ3n) is 4.70. The lowest BCUT2D eigenvalue weighted by Gasteiger charge is -2.25. The predicted octanol–water partition coefficient (Wildman–Crippen LogP) is 0.0126. The van der Waals surface area contributed by atoms with Crippen molar-refractivity contribution in [2.75, 3.05) is 21.2 Å². The Hall–Kier alpha value is -2.50. The Bertz CT molecular complexity index is 954. The van der Waals surface area contributed by atoms with Crippen molar-refractivity contribution in [1.29, 1.82) is 0 Å². The van der Waals surface area contributed by atoms with Gasteiger partial charge < -0.3 is 15.4 Å². The van der Waals surface area contributed by atoms with Crippen LogP contribution in [0.3, 0.4) is 0 Å². The molecular formula is C18H27N7O3S. The van der Waals surface area contributed by atoms with E-state index in [1.54, 1.807) is 38.4 Å². The van der Waals surface area contributed by atoms with Crippen LogP contribution < -0.4 is 15.4 Å². The fraction of sp³-hybridized carbons (Fsp3) is 0.500. The van der Waals surface area contributed by atoms with Gasteiger partial charge >= 0.3 is 0 Å². The topological polar surface area (TPSA) is 123 Å². The lowest BCUT2D eigenvalue weighted by molar-refractivity contribution is 0.177. The Morgan fingerprint density at radius 2 is 2.10 bits per heavy atom. The second-order valence-corrected chi connectivity index (χ2v) is 8.60. The Balaban J connectivity index is 1.54. The van der Waals surface area contributed by atoms with Crippen LogP contribution in [0.1, 0.15) is 23.6 Å². The third kappa shape index (κ3) is 5.31. The third-order valence-corrected chi connectivity index (χ3v) is 6.13.